The molecule has 1 saturated carbocycles. The summed E-state index contributed by atoms with van der Waals surface area (Å²) in [4.78, 5) is 10.7. The van der Waals surface area contributed by atoms with Crippen molar-refractivity contribution in [2.45, 2.75) is 45.1 Å². The molecule has 1 aromatic rings. The number of hydrogen-bond donors (Lipinski definition) is 3. The topological polar surface area (TPSA) is 82.7 Å². The number of rotatable bonds is 4. The number of anilines is 1. The van der Waals surface area contributed by atoms with Gasteiger partial charge in [-0.25, -0.2) is 4.79 Å². The van der Waals surface area contributed by atoms with Crippen molar-refractivity contribution in [3.05, 3.63) is 17.9 Å². The van der Waals surface area contributed by atoms with Crippen LogP contribution in [0.2, 0.25) is 0 Å². The van der Waals surface area contributed by atoms with Crippen LogP contribution in [0.3, 0.4) is 0 Å². The fourth-order valence-corrected chi connectivity index (χ4v) is 2.37. The van der Waals surface area contributed by atoms with E-state index in [1.807, 2.05) is 0 Å². The van der Waals surface area contributed by atoms with Crippen LogP contribution in [-0.4, -0.2) is 28.3 Å². The highest BCUT2D eigenvalue weighted by Crippen LogP contribution is 2.40. The van der Waals surface area contributed by atoms with Crippen LogP contribution in [0.25, 0.3) is 0 Å². The Bertz CT molecular complexity index is 454. The van der Waals surface area contributed by atoms with E-state index in [0.29, 0.717) is 17.8 Å². The average Bonchev–Trinajstić information content (AvgIpc) is 2.80. The van der Waals surface area contributed by atoms with Crippen LogP contribution in [-0.2, 0) is 0 Å². The van der Waals surface area contributed by atoms with E-state index in [0.717, 1.165) is 25.7 Å². The zero-order valence-electron chi connectivity index (χ0n) is 11.4. The van der Waals surface area contributed by atoms with Crippen LogP contribution >= 0.6 is 0 Å². The zero-order chi connectivity index (χ0) is 14.1. The van der Waals surface area contributed by atoms with E-state index < -0.39 is 11.6 Å². The van der Waals surface area contributed by atoms with Gasteiger partial charge in [-0.1, -0.05) is 13.8 Å². The normalized spacial score (nSPS) is 21.0. The summed E-state index contributed by atoms with van der Waals surface area (Å²) < 4.78 is 5.10. The van der Waals surface area contributed by atoms with E-state index in [1.165, 1.54) is 6.07 Å². The molecule has 0 bridgehead atoms. The highest BCUT2D eigenvalue weighted by molar-refractivity contribution is 5.84. The van der Waals surface area contributed by atoms with Crippen LogP contribution < -0.4 is 5.32 Å². The van der Waals surface area contributed by atoms with E-state index in [-0.39, 0.29) is 5.76 Å². The maximum Gasteiger partial charge on any atom is 0.371 e. The summed E-state index contributed by atoms with van der Waals surface area (Å²) >= 11 is 0. The van der Waals surface area contributed by atoms with Gasteiger partial charge in [0.05, 0.1) is 5.60 Å². The van der Waals surface area contributed by atoms with E-state index in [2.05, 4.69) is 19.2 Å². The van der Waals surface area contributed by atoms with Crippen molar-refractivity contribution >= 4 is 11.9 Å². The molecule has 0 atom stereocenters. The van der Waals surface area contributed by atoms with Crippen LogP contribution in [0.4, 0.5) is 5.88 Å². The molecular weight excluding hydrogens is 246 g/mol. The van der Waals surface area contributed by atoms with Crippen molar-refractivity contribution in [2.75, 3.05) is 11.9 Å². The van der Waals surface area contributed by atoms with Crippen molar-refractivity contribution < 1.29 is 19.4 Å². The molecule has 0 aromatic carbocycles. The third kappa shape index (κ3) is 3.50. The second kappa shape index (κ2) is 4.89. The summed E-state index contributed by atoms with van der Waals surface area (Å²) in [5.74, 6) is -0.805. The Morgan fingerprint density at radius 3 is 2.47 bits per heavy atom. The molecule has 1 heterocycles. The molecule has 5 nitrogen and oxygen atoms in total. The Hall–Kier alpha value is -1.49. The average molecular weight is 267 g/mol. The second-order valence-corrected chi connectivity index (χ2v) is 6.21. The summed E-state index contributed by atoms with van der Waals surface area (Å²) in [6.07, 6.45) is 3.48. The predicted molar refractivity (Wildman–Crippen MR) is 71.4 cm³/mol. The quantitative estimate of drug-likeness (QED) is 0.781. The van der Waals surface area contributed by atoms with Crippen LogP contribution in [0.5, 0.6) is 0 Å². The molecule has 1 aliphatic carbocycles. The van der Waals surface area contributed by atoms with Crippen molar-refractivity contribution in [3.8, 4) is 0 Å². The number of hydrogen-bond acceptors (Lipinski definition) is 4. The van der Waals surface area contributed by atoms with E-state index in [4.69, 9.17) is 9.52 Å². The van der Waals surface area contributed by atoms with Crippen LogP contribution in [0.1, 0.15) is 50.1 Å². The fourth-order valence-electron chi connectivity index (χ4n) is 2.37. The van der Waals surface area contributed by atoms with Gasteiger partial charge in [0.25, 0.3) is 0 Å². The van der Waals surface area contributed by atoms with E-state index in [9.17, 15) is 9.90 Å². The zero-order valence-corrected chi connectivity index (χ0v) is 11.4. The second-order valence-electron chi connectivity index (χ2n) is 6.21. The van der Waals surface area contributed by atoms with E-state index in [1.54, 1.807) is 6.07 Å². The summed E-state index contributed by atoms with van der Waals surface area (Å²) in [7, 11) is 0. The Morgan fingerprint density at radius 2 is 1.95 bits per heavy atom. The molecule has 3 N–H and O–H groups in total. The molecule has 5 heteroatoms. The lowest BCUT2D eigenvalue weighted by molar-refractivity contribution is -0.0148. The van der Waals surface area contributed by atoms with Crippen LogP contribution in [0, 0.1) is 5.41 Å². The minimum Gasteiger partial charge on any atom is -0.475 e. The molecular formula is C14H21NO4. The molecule has 106 valence electrons. The number of nitrogens with one attached hydrogen (secondary N) is 1. The van der Waals surface area contributed by atoms with Gasteiger partial charge in [-0.15, -0.1) is 0 Å². The molecule has 1 aliphatic rings. The van der Waals surface area contributed by atoms with Gasteiger partial charge in [-0.3, -0.25) is 0 Å². The lowest BCUT2D eigenvalue weighted by atomic mass is 9.71. The lowest BCUT2D eigenvalue weighted by Crippen LogP contribution is -2.42. The third-order valence-corrected chi connectivity index (χ3v) is 3.94. The van der Waals surface area contributed by atoms with Gasteiger partial charge in [-0.05, 0) is 37.2 Å². The monoisotopic (exact) mass is 267 g/mol. The summed E-state index contributed by atoms with van der Waals surface area (Å²) in [5.41, 5.74) is -0.431. The summed E-state index contributed by atoms with van der Waals surface area (Å²) in [6, 6.07) is 2.97. The summed E-state index contributed by atoms with van der Waals surface area (Å²) in [5, 5.41) is 22.2. The maximum atomic E-state index is 10.7. The van der Waals surface area contributed by atoms with Crippen molar-refractivity contribution in [2.24, 2.45) is 5.41 Å². The molecule has 2 rings (SSSR count). The molecule has 1 fully saturated rings. The number of carboxylic acids is 1. The van der Waals surface area contributed by atoms with Gasteiger partial charge in [0.2, 0.25) is 5.76 Å². The minimum absolute atomic E-state index is 0.0979. The molecule has 0 saturated heterocycles. The molecule has 19 heavy (non-hydrogen) atoms. The Kier molecular flexibility index (Phi) is 3.58. The van der Waals surface area contributed by atoms with Crippen molar-refractivity contribution in [3.63, 3.8) is 0 Å². The minimum atomic E-state index is -1.09. The molecule has 0 amide bonds. The number of carboxylic acid groups (broad SMARTS) is 1. The maximum absolute atomic E-state index is 10.7. The Morgan fingerprint density at radius 1 is 1.32 bits per heavy atom. The van der Waals surface area contributed by atoms with Gasteiger partial charge < -0.3 is 19.9 Å². The number of aromatic carboxylic acids is 1. The third-order valence-electron chi connectivity index (χ3n) is 3.94. The summed E-state index contributed by atoms with van der Waals surface area (Å²) in [6.45, 7) is 4.81. The Labute approximate surface area is 112 Å². The lowest BCUT2D eigenvalue weighted by Gasteiger charge is -2.40. The molecule has 1 aromatic heterocycles. The van der Waals surface area contributed by atoms with Crippen molar-refractivity contribution in [1.29, 1.82) is 0 Å². The molecule has 0 unspecified atom stereocenters. The van der Waals surface area contributed by atoms with E-state index >= 15 is 0 Å². The first-order valence-corrected chi connectivity index (χ1v) is 6.59. The number of furan rings is 1. The Balaban J connectivity index is 1.89. The first kappa shape index (κ1) is 13.9. The molecule has 0 aliphatic heterocycles. The standard InChI is InChI=1S/C14H21NO4/c1-13(2)5-7-14(18,8-6-13)9-15-11-4-3-10(19-11)12(16)17/h3-4,15,18H,5-9H2,1-2H3,(H,16,17). The van der Waals surface area contributed by atoms with Gasteiger partial charge in [-0.2, -0.15) is 0 Å². The highest BCUT2D eigenvalue weighted by Gasteiger charge is 2.36. The van der Waals surface area contributed by atoms with Gasteiger partial charge >= 0.3 is 5.97 Å². The van der Waals surface area contributed by atoms with Crippen molar-refractivity contribution in [1.82, 2.24) is 0 Å². The first-order chi connectivity index (χ1) is 8.80. The van der Waals surface area contributed by atoms with Gasteiger partial charge in [0.1, 0.15) is 0 Å². The molecule has 0 spiro atoms. The fraction of sp³-hybridized carbons (Fsp3) is 0.643. The predicted octanol–water partition coefficient (Wildman–Crippen LogP) is 2.72. The van der Waals surface area contributed by atoms with Gasteiger partial charge in [0, 0.05) is 12.6 Å². The largest absolute Gasteiger partial charge is 0.475 e. The SMILES string of the molecule is CC1(C)CCC(O)(CNc2ccc(C(=O)O)o2)CC1. The van der Waals surface area contributed by atoms with Crippen LogP contribution in [0.15, 0.2) is 16.5 Å². The first-order valence-electron chi connectivity index (χ1n) is 6.59. The highest BCUT2D eigenvalue weighted by atomic mass is 16.4. The smallest absolute Gasteiger partial charge is 0.371 e. The molecule has 0 radical (unpaired) electrons. The number of carbonyl (C=O) groups is 1. The number of aliphatic hydroxyl groups is 1. The van der Waals surface area contributed by atoms with Gasteiger partial charge in [0.15, 0.2) is 5.88 Å².